The van der Waals surface area contributed by atoms with E-state index < -0.39 is 5.97 Å². The molecule has 0 aliphatic carbocycles. The van der Waals surface area contributed by atoms with Crippen LogP contribution in [-0.2, 0) is 14.4 Å². The highest BCUT2D eigenvalue weighted by Gasteiger charge is 2.22. The molecule has 18 heavy (non-hydrogen) atoms. The van der Waals surface area contributed by atoms with Gasteiger partial charge in [-0.3, -0.25) is 14.4 Å². The van der Waals surface area contributed by atoms with Gasteiger partial charge in [-0.1, -0.05) is 13.3 Å². The van der Waals surface area contributed by atoms with Crippen LogP contribution in [0.5, 0.6) is 0 Å². The standard InChI is InChI=1S/C12H20N2O4/c1-2-9(6-12(17)18)7-13-10(15)8-14-5-3-4-11(14)16/h9H,2-8H2,1H3,(H,13,15)(H,17,18). The lowest BCUT2D eigenvalue weighted by Crippen LogP contribution is -2.39. The van der Waals surface area contributed by atoms with Crippen LogP contribution in [0.1, 0.15) is 32.6 Å². The average Bonchev–Trinajstić information content (AvgIpc) is 2.70. The van der Waals surface area contributed by atoms with Crippen molar-refractivity contribution < 1.29 is 19.5 Å². The molecule has 2 amide bonds. The Bertz CT molecular complexity index is 330. The normalized spacial score (nSPS) is 16.7. The van der Waals surface area contributed by atoms with Crippen LogP contribution in [0.25, 0.3) is 0 Å². The minimum absolute atomic E-state index is 0.0164. The van der Waals surface area contributed by atoms with Crippen molar-refractivity contribution in [3.63, 3.8) is 0 Å². The molecule has 2 N–H and O–H groups in total. The maximum Gasteiger partial charge on any atom is 0.303 e. The highest BCUT2D eigenvalue weighted by atomic mass is 16.4. The maximum atomic E-state index is 11.6. The van der Waals surface area contributed by atoms with Crippen molar-refractivity contribution in [2.45, 2.75) is 32.6 Å². The molecule has 0 saturated carbocycles. The summed E-state index contributed by atoms with van der Waals surface area (Å²) in [5.74, 6) is -1.11. The zero-order chi connectivity index (χ0) is 13.5. The quantitative estimate of drug-likeness (QED) is 0.682. The second-order valence-corrected chi connectivity index (χ2v) is 4.60. The molecule has 102 valence electrons. The first-order valence-corrected chi connectivity index (χ1v) is 6.29. The van der Waals surface area contributed by atoms with Gasteiger partial charge in [-0.2, -0.15) is 0 Å². The van der Waals surface area contributed by atoms with Crippen LogP contribution in [0.4, 0.5) is 0 Å². The lowest BCUT2D eigenvalue weighted by molar-refractivity contribution is -0.138. The van der Waals surface area contributed by atoms with Gasteiger partial charge in [0.2, 0.25) is 11.8 Å². The summed E-state index contributed by atoms with van der Waals surface area (Å²) in [7, 11) is 0. The summed E-state index contributed by atoms with van der Waals surface area (Å²) < 4.78 is 0. The summed E-state index contributed by atoms with van der Waals surface area (Å²) in [4.78, 5) is 35.0. The average molecular weight is 256 g/mol. The number of carboxylic acids is 1. The van der Waals surface area contributed by atoms with Gasteiger partial charge in [-0.05, 0) is 12.3 Å². The van der Waals surface area contributed by atoms with Gasteiger partial charge in [0, 0.05) is 25.9 Å². The van der Waals surface area contributed by atoms with Gasteiger partial charge in [0.15, 0.2) is 0 Å². The molecule has 6 heteroatoms. The molecule has 0 aromatic rings. The van der Waals surface area contributed by atoms with Gasteiger partial charge in [-0.25, -0.2) is 0 Å². The molecule has 1 heterocycles. The molecular formula is C12H20N2O4. The molecule has 1 unspecified atom stereocenters. The highest BCUT2D eigenvalue weighted by Crippen LogP contribution is 2.09. The van der Waals surface area contributed by atoms with Crippen LogP contribution < -0.4 is 5.32 Å². The third kappa shape index (κ3) is 4.73. The Labute approximate surface area is 106 Å². The molecule has 0 radical (unpaired) electrons. The van der Waals surface area contributed by atoms with Crippen molar-refractivity contribution in [3.05, 3.63) is 0 Å². The zero-order valence-corrected chi connectivity index (χ0v) is 10.6. The second-order valence-electron chi connectivity index (χ2n) is 4.60. The van der Waals surface area contributed by atoms with E-state index in [0.29, 0.717) is 25.9 Å². The summed E-state index contributed by atoms with van der Waals surface area (Å²) in [6, 6.07) is 0. The first-order chi connectivity index (χ1) is 8.52. The van der Waals surface area contributed by atoms with E-state index in [-0.39, 0.29) is 30.7 Å². The number of hydrogen-bond acceptors (Lipinski definition) is 3. The molecule has 0 aromatic carbocycles. The van der Waals surface area contributed by atoms with Crippen LogP contribution in [0.2, 0.25) is 0 Å². The number of amides is 2. The van der Waals surface area contributed by atoms with E-state index in [0.717, 1.165) is 6.42 Å². The van der Waals surface area contributed by atoms with Crippen LogP contribution >= 0.6 is 0 Å². The SMILES string of the molecule is CCC(CNC(=O)CN1CCCC1=O)CC(=O)O. The summed E-state index contributed by atoms with van der Waals surface area (Å²) in [5, 5.41) is 11.4. The van der Waals surface area contributed by atoms with E-state index in [1.165, 1.54) is 4.90 Å². The Hall–Kier alpha value is -1.59. The lowest BCUT2D eigenvalue weighted by atomic mass is 10.0. The number of hydrogen-bond donors (Lipinski definition) is 2. The second kappa shape index (κ2) is 6.98. The third-order valence-electron chi connectivity index (χ3n) is 3.13. The van der Waals surface area contributed by atoms with Crippen molar-refractivity contribution in [2.24, 2.45) is 5.92 Å². The lowest BCUT2D eigenvalue weighted by Gasteiger charge is -2.17. The fourth-order valence-electron chi connectivity index (χ4n) is 1.97. The molecule has 1 aliphatic heterocycles. The highest BCUT2D eigenvalue weighted by molar-refractivity contribution is 5.85. The van der Waals surface area contributed by atoms with Gasteiger partial charge >= 0.3 is 5.97 Å². The van der Waals surface area contributed by atoms with Gasteiger partial charge in [0.05, 0.1) is 6.54 Å². The van der Waals surface area contributed by atoms with Gasteiger partial charge in [-0.15, -0.1) is 0 Å². The number of aliphatic carboxylic acids is 1. The molecule has 1 fully saturated rings. The molecule has 1 rings (SSSR count). The topological polar surface area (TPSA) is 86.7 Å². The molecular weight excluding hydrogens is 236 g/mol. The minimum atomic E-state index is -0.856. The third-order valence-corrected chi connectivity index (χ3v) is 3.13. The predicted molar refractivity (Wildman–Crippen MR) is 64.9 cm³/mol. The van der Waals surface area contributed by atoms with Crippen molar-refractivity contribution in [1.29, 1.82) is 0 Å². The maximum absolute atomic E-state index is 11.6. The van der Waals surface area contributed by atoms with E-state index >= 15 is 0 Å². The van der Waals surface area contributed by atoms with Gasteiger partial charge in [0.1, 0.15) is 0 Å². The fourth-order valence-corrected chi connectivity index (χ4v) is 1.97. The van der Waals surface area contributed by atoms with Crippen molar-refractivity contribution in [2.75, 3.05) is 19.6 Å². The first kappa shape index (κ1) is 14.5. The number of carbonyl (C=O) groups excluding carboxylic acids is 2. The van der Waals surface area contributed by atoms with E-state index in [9.17, 15) is 14.4 Å². The van der Waals surface area contributed by atoms with E-state index in [4.69, 9.17) is 5.11 Å². The number of rotatable bonds is 7. The Balaban J connectivity index is 2.27. The summed E-state index contributed by atoms with van der Waals surface area (Å²) in [6.07, 6.45) is 2.08. The van der Waals surface area contributed by atoms with Crippen LogP contribution in [0, 0.1) is 5.92 Å². The first-order valence-electron chi connectivity index (χ1n) is 6.29. The fraction of sp³-hybridized carbons (Fsp3) is 0.750. The number of carbonyl (C=O) groups is 3. The van der Waals surface area contributed by atoms with Crippen molar-refractivity contribution >= 4 is 17.8 Å². The number of nitrogens with one attached hydrogen (secondary N) is 1. The summed E-state index contributed by atoms with van der Waals surface area (Å²) in [5.41, 5.74) is 0. The smallest absolute Gasteiger partial charge is 0.303 e. The van der Waals surface area contributed by atoms with Crippen LogP contribution in [-0.4, -0.2) is 47.4 Å². The Morgan fingerprint density at radius 2 is 2.22 bits per heavy atom. The predicted octanol–water partition coefficient (Wildman–Crippen LogP) is 0.226. The number of carboxylic acid groups (broad SMARTS) is 1. The van der Waals surface area contributed by atoms with Crippen LogP contribution in [0.15, 0.2) is 0 Å². The summed E-state index contributed by atoms with van der Waals surface area (Å²) >= 11 is 0. The van der Waals surface area contributed by atoms with Crippen molar-refractivity contribution in [1.82, 2.24) is 10.2 Å². The van der Waals surface area contributed by atoms with Gasteiger partial charge < -0.3 is 15.3 Å². The molecule has 6 nitrogen and oxygen atoms in total. The molecule has 1 atom stereocenters. The molecule has 0 spiro atoms. The largest absolute Gasteiger partial charge is 0.481 e. The Kier molecular flexibility index (Phi) is 5.61. The zero-order valence-electron chi connectivity index (χ0n) is 10.6. The molecule has 0 bridgehead atoms. The van der Waals surface area contributed by atoms with E-state index in [2.05, 4.69) is 5.32 Å². The van der Waals surface area contributed by atoms with Gasteiger partial charge in [0.25, 0.3) is 0 Å². The molecule has 1 aliphatic rings. The number of likely N-dealkylation sites (tertiary alicyclic amines) is 1. The Morgan fingerprint density at radius 3 is 2.72 bits per heavy atom. The van der Waals surface area contributed by atoms with E-state index in [1.807, 2.05) is 6.92 Å². The monoisotopic (exact) mass is 256 g/mol. The van der Waals surface area contributed by atoms with E-state index in [1.54, 1.807) is 0 Å². The molecule has 0 aromatic heterocycles. The number of nitrogens with zero attached hydrogens (tertiary/aromatic N) is 1. The Morgan fingerprint density at radius 1 is 1.50 bits per heavy atom. The van der Waals surface area contributed by atoms with Crippen LogP contribution in [0.3, 0.4) is 0 Å². The summed E-state index contributed by atoms with van der Waals surface area (Å²) in [6.45, 7) is 2.97. The van der Waals surface area contributed by atoms with Crippen molar-refractivity contribution in [3.8, 4) is 0 Å². The minimum Gasteiger partial charge on any atom is -0.481 e. The molecule has 1 saturated heterocycles.